The number of hydrogen-bond donors (Lipinski definition) is 1. The van der Waals surface area contributed by atoms with Crippen LogP contribution in [0.2, 0.25) is 5.02 Å². The lowest BCUT2D eigenvalue weighted by Crippen LogP contribution is -2.40. The third-order valence-electron chi connectivity index (χ3n) is 4.12. The summed E-state index contributed by atoms with van der Waals surface area (Å²) in [6.07, 6.45) is 1.12. The first-order valence-corrected chi connectivity index (χ1v) is 9.85. The highest BCUT2D eigenvalue weighted by Crippen LogP contribution is 2.22. The van der Waals surface area contributed by atoms with E-state index in [9.17, 15) is 0 Å². The largest absolute Gasteiger partial charge is 0.382 e. The molecule has 1 aliphatic heterocycles. The van der Waals surface area contributed by atoms with Gasteiger partial charge in [0.2, 0.25) is 0 Å². The Labute approximate surface area is 187 Å². The smallest absolute Gasteiger partial charge is 0.194 e. The molecular weight excluding hydrogens is 532 g/mol. The number of nitrogens with zero attached hydrogens (tertiary/aromatic N) is 2. The van der Waals surface area contributed by atoms with E-state index in [0.717, 1.165) is 53.7 Å². The average Bonchev–Trinajstić information content (AvgIpc) is 3.05. The molecule has 5 nitrogen and oxygen atoms in total. The quantitative estimate of drug-likeness (QED) is 0.225. The molecule has 0 aliphatic carbocycles. The standard InChI is InChI=1S/C18H27BrClN3O2.HI/c1-3-21-18(22-11-15-4-5-16(19)10-17(15)20)23-7-6-14(12-23)13-25-9-8-24-2;/h4-5,10,14H,3,6-9,11-13H2,1-2H3,(H,21,22);1H. The molecule has 1 unspecified atom stereocenters. The Morgan fingerprint density at radius 2 is 2.23 bits per heavy atom. The Morgan fingerprint density at radius 3 is 2.92 bits per heavy atom. The molecule has 1 aliphatic rings. The summed E-state index contributed by atoms with van der Waals surface area (Å²) < 4.78 is 11.7. The fourth-order valence-electron chi connectivity index (χ4n) is 2.79. The maximum absolute atomic E-state index is 6.30. The molecule has 26 heavy (non-hydrogen) atoms. The molecule has 1 fully saturated rings. The summed E-state index contributed by atoms with van der Waals surface area (Å²) in [5.41, 5.74) is 1.03. The molecule has 1 atom stereocenters. The van der Waals surface area contributed by atoms with Gasteiger partial charge in [-0.05, 0) is 31.0 Å². The molecule has 2 rings (SSSR count). The van der Waals surface area contributed by atoms with Crippen molar-refractivity contribution in [3.8, 4) is 0 Å². The fourth-order valence-corrected chi connectivity index (χ4v) is 3.52. The topological polar surface area (TPSA) is 46.1 Å². The SMILES string of the molecule is CCNC(=NCc1ccc(Br)cc1Cl)N1CCC(COCCOC)C1.I. The molecule has 0 spiro atoms. The van der Waals surface area contributed by atoms with Gasteiger partial charge in [-0.25, -0.2) is 4.99 Å². The lowest BCUT2D eigenvalue weighted by Gasteiger charge is -2.22. The van der Waals surface area contributed by atoms with E-state index in [-0.39, 0.29) is 24.0 Å². The summed E-state index contributed by atoms with van der Waals surface area (Å²) in [5.74, 6) is 1.48. The highest BCUT2D eigenvalue weighted by atomic mass is 127. The van der Waals surface area contributed by atoms with Crippen molar-refractivity contribution in [2.45, 2.75) is 19.9 Å². The summed E-state index contributed by atoms with van der Waals surface area (Å²) in [7, 11) is 1.69. The van der Waals surface area contributed by atoms with Gasteiger partial charge in [0.05, 0.1) is 26.4 Å². The maximum Gasteiger partial charge on any atom is 0.194 e. The van der Waals surface area contributed by atoms with Crippen LogP contribution < -0.4 is 5.32 Å². The summed E-state index contributed by atoms with van der Waals surface area (Å²) in [5, 5.41) is 4.12. The first-order valence-electron chi connectivity index (χ1n) is 8.68. The zero-order valence-electron chi connectivity index (χ0n) is 15.3. The van der Waals surface area contributed by atoms with Gasteiger partial charge in [-0.3, -0.25) is 0 Å². The molecule has 0 saturated carbocycles. The van der Waals surface area contributed by atoms with Crippen molar-refractivity contribution >= 4 is 57.5 Å². The molecule has 0 radical (unpaired) electrons. The van der Waals surface area contributed by atoms with Gasteiger partial charge in [-0.15, -0.1) is 24.0 Å². The Hall–Kier alpha value is -0.0900. The third kappa shape index (κ3) is 7.88. The van der Waals surface area contributed by atoms with Gasteiger partial charge in [0.25, 0.3) is 0 Å². The second kappa shape index (κ2) is 13.1. The zero-order valence-corrected chi connectivity index (χ0v) is 20.0. The number of hydrogen-bond acceptors (Lipinski definition) is 3. The van der Waals surface area contributed by atoms with Crippen molar-refractivity contribution in [3.05, 3.63) is 33.3 Å². The van der Waals surface area contributed by atoms with Crippen LogP contribution in [0.4, 0.5) is 0 Å². The summed E-state index contributed by atoms with van der Waals surface area (Å²) in [4.78, 5) is 7.08. The minimum Gasteiger partial charge on any atom is -0.382 e. The third-order valence-corrected chi connectivity index (χ3v) is 4.97. The predicted molar refractivity (Wildman–Crippen MR) is 122 cm³/mol. The van der Waals surface area contributed by atoms with Crippen molar-refractivity contribution in [2.75, 3.05) is 46.6 Å². The van der Waals surface area contributed by atoms with E-state index >= 15 is 0 Å². The van der Waals surface area contributed by atoms with Crippen LogP contribution in [0.5, 0.6) is 0 Å². The molecule has 1 saturated heterocycles. The molecule has 1 heterocycles. The molecule has 1 N–H and O–H groups in total. The van der Waals surface area contributed by atoms with Crippen molar-refractivity contribution in [3.63, 3.8) is 0 Å². The molecule has 1 aromatic rings. The molecule has 0 amide bonds. The number of methoxy groups -OCH3 is 1. The minimum absolute atomic E-state index is 0. The van der Waals surface area contributed by atoms with Gasteiger partial charge < -0.3 is 19.7 Å². The van der Waals surface area contributed by atoms with Crippen LogP contribution in [0, 0.1) is 5.92 Å². The van der Waals surface area contributed by atoms with Crippen LogP contribution in [-0.4, -0.2) is 57.4 Å². The van der Waals surface area contributed by atoms with Crippen LogP contribution in [0.1, 0.15) is 18.9 Å². The van der Waals surface area contributed by atoms with Crippen molar-refractivity contribution in [1.82, 2.24) is 10.2 Å². The van der Waals surface area contributed by atoms with Crippen molar-refractivity contribution < 1.29 is 9.47 Å². The number of nitrogens with one attached hydrogen (secondary N) is 1. The van der Waals surface area contributed by atoms with E-state index in [2.05, 4.69) is 33.1 Å². The Balaban J connectivity index is 0.00000338. The molecule has 0 bridgehead atoms. The van der Waals surface area contributed by atoms with E-state index in [4.69, 9.17) is 26.1 Å². The maximum atomic E-state index is 6.30. The first-order chi connectivity index (χ1) is 12.1. The van der Waals surface area contributed by atoms with Gasteiger partial charge in [0.1, 0.15) is 0 Å². The Morgan fingerprint density at radius 1 is 1.42 bits per heavy atom. The van der Waals surface area contributed by atoms with Crippen LogP contribution in [-0.2, 0) is 16.0 Å². The van der Waals surface area contributed by atoms with Crippen LogP contribution in [0.3, 0.4) is 0 Å². The predicted octanol–water partition coefficient (Wildman–Crippen LogP) is 4.17. The van der Waals surface area contributed by atoms with Gasteiger partial charge in [-0.1, -0.05) is 33.6 Å². The second-order valence-electron chi connectivity index (χ2n) is 6.07. The van der Waals surface area contributed by atoms with E-state index in [1.165, 1.54) is 0 Å². The summed E-state index contributed by atoms with van der Waals surface area (Å²) >= 11 is 9.73. The van der Waals surface area contributed by atoms with Gasteiger partial charge in [0, 0.05) is 42.2 Å². The minimum atomic E-state index is 0. The normalized spacial score (nSPS) is 17.3. The van der Waals surface area contributed by atoms with Gasteiger partial charge >= 0.3 is 0 Å². The van der Waals surface area contributed by atoms with Crippen LogP contribution in [0.25, 0.3) is 0 Å². The number of ether oxygens (including phenoxy) is 2. The lowest BCUT2D eigenvalue weighted by atomic mass is 10.1. The van der Waals surface area contributed by atoms with Gasteiger partial charge in [0.15, 0.2) is 5.96 Å². The van der Waals surface area contributed by atoms with E-state index < -0.39 is 0 Å². The summed E-state index contributed by atoms with van der Waals surface area (Å²) in [6, 6.07) is 5.91. The fraction of sp³-hybridized carbons (Fsp3) is 0.611. The number of benzene rings is 1. The van der Waals surface area contributed by atoms with E-state index in [1.807, 2.05) is 18.2 Å². The number of rotatable bonds is 8. The molecular formula is C18H28BrClIN3O2. The van der Waals surface area contributed by atoms with Crippen LogP contribution in [0.15, 0.2) is 27.7 Å². The number of aliphatic imine (C=N–C) groups is 1. The van der Waals surface area contributed by atoms with Gasteiger partial charge in [-0.2, -0.15) is 0 Å². The molecule has 148 valence electrons. The monoisotopic (exact) mass is 559 g/mol. The van der Waals surface area contributed by atoms with E-state index in [0.29, 0.717) is 25.7 Å². The Kier molecular flexibility index (Phi) is 12.1. The highest BCUT2D eigenvalue weighted by Gasteiger charge is 2.25. The van der Waals surface area contributed by atoms with E-state index in [1.54, 1.807) is 7.11 Å². The molecule has 0 aromatic heterocycles. The van der Waals surface area contributed by atoms with Crippen molar-refractivity contribution in [1.29, 1.82) is 0 Å². The van der Waals surface area contributed by atoms with Crippen LogP contribution >= 0.6 is 51.5 Å². The zero-order chi connectivity index (χ0) is 18.1. The first kappa shape index (κ1) is 23.9. The molecule has 8 heteroatoms. The highest BCUT2D eigenvalue weighted by molar-refractivity contribution is 14.0. The molecule has 1 aromatic carbocycles. The Bertz CT molecular complexity index is 577. The number of likely N-dealkylation sites (tertiary alicyclic amines) is 1. The average molecular weight is 561 g/mol. The lowest BCUT2D eigenvalue weighted by molar-refractivity contribution is 0.0536. The number of guanidine groups is 1. The number of halogens is 3. The summed E-state index contributed by atoms with van der Waals surface area (Å²) in [6.45, 7) is 7.54. The van der Waals surface area contributed by atoms with Crippen molar-refractivity contribution in [2.24, 2.45) is 10.9 Å². The second-order valence-corrected chi connectivity index (χ2v) is 7.40.